The Balaban J connectivity index is 1.87. The molecule has 0 aliphatic heterocycles. The molecule has 0 radical (unpaired) electrons. The molecule has 3 aromatic carbocycles. The molecule has 3 aromatic rings. The molecule has 0 aliphatic rings. The highest BCUT2D eigenvalue weighted by molar-refractivity contribution is 7.92. The normalized spacial score (nSPS) is 10.9. The number of halogens is 1. The van der Waals surface area contributed by atoms with Crippen LogP contribution >= 0.6 is 11.6 Å². The van der Waals surface area contributed by atoms with E-state index in [4.69, 9.17) is 25.8 Å². The van der Waals surface area contributed by atoms with Gasteiger partial charge in [-0.15, -0.1) is 0 Å². The van der Waals surface area contributed by atoms with Gasteiger partial charge in [0.2, 0.25) is 10.0 Å². The van der Waals surface area contributed by atoms with Gasteiger partial charge in [-0.05, 0) is 54.6 Å². The smallest absolute Gasteiger partial charge is 0.255 e. The highest BCUT2D eigenvalue weighted by atomic mass is 35.5. The van der Waals surface area contributed by atoms with Crippen LogP contribution in [-0.4, -0.2) is 34.8 Å². The Bertz CT molecular complexity index is 1250. The third-order valence-electron chi connectivity index (χ3n) is 4.51. The molecule has 0 fully saturated rings. The number of nitrogens with one attached hydrogen (secondary N) is 2. The van der Waals surface area contributed by atoms with Crippen LogP contribution in [0.25, 0.3) is 0 Å². The highest BCUT2D eigenvalue weighted by Gasteiger charge is 2.14. The number of benzene rings is 3. The molecule has 0 aromatic heterocycles. The van der Waals surface area contributed by atoms with E-state index >= 15 is 0 Å². The van der Waals surface area contributed by atoms with Gasteiger partial charge in [0.25, 0.3) is 5.91 Å². The fourth-order valence-corrected chi connectivity index (χ4v) is 3.65. The van der Waals surface area contributed by atoms with Gasteiger partial charge >= 0.3 is 0 Å². The lowest BCUT2D eigenvalue weighted by Crippen LogP contribution is -2.13. The summed E-state index contributed by atoms with van der Waals surface area (Å²) in [4.78, 5) is 12.5. The van der Waals surface area contributed by atoms with Crippen molar-refractivity contribution >= 4 is 38.9 Å². The first-order valence-electron chi connectivity index (χ1n) is 9.71. The van der Waals surface area contributed by atoms with Crippen molar-refractivity contribution < 1.29 is 27.4 Å². The lowest BCUT2D eigenvalue weighted by molar-refractivity contribution is 0.102. The van der Waals surface area contributed by atoms with E-state index in [-0.39, 0.29) is 24.0 Å². The predicted molar refractivity (Wildman–Crippen MR) is 128 cm³/mol. The van der Waals surface area contributed by atoms with E-state index in [1.54, 1.807) is 55.6 Å². The summed E-state index contributed by atoms with van der Waals surface area (Å²) >= 11 is 5.87. The molecular weight excluding hydrogens is 468 g/mol. The molecule has 2 N–H and O–H groups in total. The Hall–Kier alpha value is -3.43. The van der Waals surface area contributed by atoms with Crippen LogP contribution in [0.5, 0.6) is 17.2 Å². The van der Waals surface area contributed by atoms with E-state index in [0.29, 0.717) is 33.3 Å². The molecule has 0 saturated carbocycles. The number of anilines is 2. The predicted octanol–water partition coefficient (Wildman–Crippen LogP) is 4.56. The van der Waals surface area contributed by atoms with Crippen molar-refractivity contribution in [3.05, 3.63) is 76.8 Å². The van der Waals surface area contributed by atoms with E-state index in [2.05, 4.69) is 10.0 Å². The van der Waals surface area contributed by atoms with E-state index in [9.17, 15) is 13.2 Å². The molecule has 10 heteroatoms. The molecule has 33 heavy (non-hydrogen) atoms. The maximum Gasteiger partial charge on any atom is 0.255 e. The van der Waals surface area contributed by atoms with Crippen molar-refractivity contribution in [1.29, 1.82) is 0 Å². The van der Waals surface area contributed by atoms with Crippen LogP contribution in [0.2, 0.25) is 5.02 Å². The Morgan fingerprint density at radius 1 is 0.939 bits per heavy atom. The van der Waals surface area contributed by atoms with Crippen LogP contribution in [0.15, 0.2) is 60.7 Å². The van der Waals surface area contributed by atoms with E-state index in [1.165, 1.54) is 19.2 Å². The van der Waals surface area contributed by atoms with Crippen LogP contribution in [-0.2, 0) is 16.6 Å². The Morgan fingerprint density at radius 3 is 2.30 bits per heavy atom. The Labute approximate surface area is 197 Å². The number of sulfonamides is 1. The van der Waals surface area contributed by atoms with E-state index < -0.39 is 10.0 Å². The number of carbonyl (C=O) groups is 1. The summed E-state index contributed by atoms with van der Waals surface area (Å²) in [5.74, 6) is 1.07. The topological polar surface area (TPSA) is 103 Å². The number of hydrogen-bond acceptors (Lipinski definition) is 6. The number of carbonyl (C=O) groups excluding carboxylic acids is 1. The molecule has 0 saturated heterocycles. The van der Waals surface area contributed by atoms with Crippen LogP contribution in [0.4, 0.5) is 11.4 Å². The number of methoxy groups -OCH3 is 2. The fourth-order valence-electron chi connectivity index (χ4n) is 2.96. The van der Waals surface area contributed by atoms with Gasteiger partial charge in [0, 0.05) is 27.9 Å². The van der Waals surface area contributed by atoms with Gasteiger partial charge in [-0.2, -0.15) is 0 Å². The summed E-state index contributed by atoms with van der Waals surface area (Å²) < 4.78 is 42.6. The summed E-state index contributed by atoms with van der Waals surface area (Å²) in [5.41, 5.74) is 1.75. The zero-order valence-corrected chi connectivity index (χ0v) is 19.8. The number of ether oxygens (including phenoxy) is 3. The molecule has 8 nitrogen and oxygen atoms in total. The van der Waals surface area contributed by atoms with Gasteiger partial charge in [-0.1, -0.05) is 11.6 Å². The SMILES string of the molecule is COc1ccc(OC)c(COc2cc(NC(=O)c3ccc(Cl)cc3)ccc2NS(C)(=O)=O)c1. The van der Waals surface area contributed by atoms with Crippen molar-refractivity contribution in [3.8, 4) is 17.2 Å². The zero-order valence-electron chi connectivity index (χ0n) is 18.2. The average Bonchev–Trinajstić information content (AvgIpc) is 2.78. The molecule has 0 aliphatic carbocycles. The van der Waals surface area contributed by atoms with Crippen LogP contribution in [0.3, 0.4) is 0 Å². The minimum Gasteiger partial charge on any atom is -0.497 e. The van der Waals surface area contributed by atoms with Crippen molar-refractivity contribution in [3.63, 3.8) is 0 Å². The molecule has 0 spiro atoms. The summed E-state index contributed by atoms with van der Waals surface area (Å²) in [5, 5.41) is 3.28. The average molecular weight is 491 g/mol. The van der Waals surface area contributed by atoms with Gasteiger partial charge in [0.05, 0.1) is 26.2 Å². The molecule has 0 heterocycles. The maximum absolute atomic E-state index is 12.5. The van der Waals surface area contributed by atoms with Crippen LogP contribution in [0.1, 0.15) is 15.9 Å². The molecular formula is C23H23ClN2O6S. The van der Waals surface area contributed by atoms with Gasteiger partial charge in [0.15, 0.2) is 0 Å². The van der Waals surface area contributed by atoms with Crippen molar-refractivity contribution in [2.24, 2.45) is 0 Å². The maximum atomic E-state index is 12.5. The van der Waals surface area contributed by atoms with Crippen molar-refractivity contribution in [2.75, 3.05) is 30.5 Å². The largest absolute Gasteiger partial charge is 0.497 e. The zero-order chi connectivity index (χ0) is 24.0. The number of hydrogen-bond donors (Lipinski definition) is 2. The lowest BCUT2D eigenvalue weighted by Gasteiger charge is -2.16. The summed E-state index contributed by atoms with van der Waals surface area (Å²) in [7, 11) is -0.478. The third-order valence-corrected chi connectivity index (χ3v) is 5.35. The summed E-state index contributed by atoms with van der Waals surface area (Å²) in [6, 6.07) is 16.3. The first kappa shape index (κ1) is 24.2. The quantitative estimate of drug-likeness (QED) is 0.456. The first-order chi connectivity index (χ1) is 15.7. The first-order valence-corrected chi connectivity index (χ1v) is 12.0. The van der Waals surface area contributed by atoms with Gasteiger partial charge in [-0.3, -0.25) is 9.52 Å². The summed E-state index contributed by atoms with van der Waals surface area (Å²) in [6.45, 7) is 0.0629. The third kappa shape index (κ3) is 6.77. The van der Waals surface area contributed by atoms with Crippen LogP contribution in [0, 0.1) is 0 Å². The molecule has 0 bridgehead atoms. The van der Waals surface area contributed by atoms with Gasteiger partial charge < -0.3 is 19.5 Å². The number of rotatable bonds is 9. The second-order valence-electron chi connectivity index (χ2n) is 7.01. The molecule has 3 rings (SSSR count). The van der Waals surface area contributed by atoms with Crippen LogP contribution < -0.4 is 24.2 Å². The lowest BCUT2D eigenvalue weighted by atomic mass is 10.2. The fraction of sp³-hybridized carbons (Fsp3) is 0.174. The van der Waals surface area contributed by atoms with Gasteiger partial charge in [-0.25, -0.2) is 8.42 Å². The summed E-state index contributed by atoms with van der Waals surface area (Å²) in [6.07, 6.45) is 1.04. The second-order valence-corrected chi connectivity index (χ2v) is 9.20. The standard InChI is InChI=1S/C23H23ClN2O6S/c1-30-19-9-11-21(31-2)16(12-19)14-32-22-13-18(8-10-20(22)26-33(3,28)29)25-23(27)15-4-6-17(24)7-5-15/h4-13,26H,14H2,1-3H3,(H,25,27). The Kier molecular flexibility index (Phi) is 7.67. The number of amides is 1. The minimum atomic E-state index is -3.56. The highest BCUT2D eigenvalue weighted by Crippen LogP contribution is 2.32. The minimum absolute atomic E-state index is 0.0629. The monoisotopic (exact) mass is 490 g/mol. The van der Waals surface area contributed by atoms with Crippen molar-refractivity contribution in [1.82, 2.24) is 0 Å². The van der Waals surface area contributed by atoms with Gasteiger partial charge in [0.1, 0.15) is 23.9 Å². The molecule has 174 valence electrons. The second kappa shape index (κ2) is 10.5. The molecule has 1 amide bonds. The molecule has 0 atom stereocenters. The van der Waals surface area contributed by atoms with Crippen molar-refractivity contribution in [2.45, 2.75) is 6.61 Å². The van der Waals surface area contributed by atoms with E-state index in [0.717, 1.165) is 6.26 Å². The Morgan fingerprint density at radius 2 is 1.67 bits per heavy atom. The molecule has 0 unspecified atom stereocenters. The van der Waals surface area contributed by atoms with E-state index in [1.807, 2.05) is 0 Å².